The first-order chi connectivity index (χ1) is 48.0. The third-order valence-electron chi connectivity index (χ3n) is 18.6. The van der Waals surface area contributed by atoms with E-state index in [1.807, 2.05) is 21.1 Å². The summed E-state index contributed by atoms with van der Waals surface area (Å²) in [5.41, 5.74) is 0. The van der Waals surface area contributed by atoms with Gasteiger partial charge in [-0.1, -0.05) is 406 Å². The number of quaternary nitrogens is 1. The van der Waals surface area contributed by atoms with E-state index in [4.69, 9.17) is 18.5 Å². The fourth-order valence-corrected chi connectivity index (χ4v) is 13.0. The zero-order chi connectivity index (χ0) is 71.1. The minimum absolute atomic E-state index is 0.0315. The van der Waals surface area contributed by atoms with Crippen LogP contribution in [0.25, 0.3) is 0 Å². The van der Waals surface area contributed by atoms with Crippen molar-refractivity contribution < 1.29 is 42.1 Å². The number of esters is 2. The highest BCUT2D eigenvalue weighted by Crippen LogP contribution is 2.38. The number of allylic oxidation sites excluding steroid dienone is 16. The van der Waals surface area contributed by atoms with Gasteiger partial charge in [0.2, 0.25) is 0 Å². The Morgan fingerprint density at radius 1 is 0.327 bits per heavy atom. The van der Waals surface area contributed by atoms with Gasteiger partial charge in [-0.2, -0.15) is 0 Å². The van der Waals surface area contributed by atoms with E-state index in [-0.39, 0.29) is 32.0 Å². The molecule has 0 aromatic carbocycles. The van der Waals surface area contributed by atoms with Crippen LogP contribution in [0.2, 0.25) is 0 Å². The van der Waals surface area contributed by atoms with Gasteiger partial charge in [0.1, 0.15) is 19.8 Å². The van der Waals surface area contributed by atoms with Crippen LogP contribution in [0.1, 0.15) is 399 Å². The highest BCUT2D eigenvalue weighted by atomic mass is 31.2. The molecule has 570 valence electrons. The topological polar surface area (TPSA) is 111 Å². The van der Waals surface area contributed by atoms with Gasteiger partial charge in [0.15, 0.2) is 6.10 Å². The summed E-state index contributed by atoms with van der Waals surface area (Å²) in [7, 11) is 1.18. The number of phosphoric ester groups is 1. The van der Waals surface area contributed by atoms with Crippen LogP contribution in [0.3, 0.4) is 0 Å². The lowest BCUT2D eigenvalue weighted by atomic mass is 10.0. The van der Waals surface area contributed by atoms with Gasteiger partial charge in [0.05, 0.1) is 27.7 Å². The number of carbonyl (C=O) groups is 2. The Balaban J connectivity index is 3.94. The van der Waals surface area contributed by atoms with E-state index < -0.39 is 26.5 Å². The SMILES string of the molecule is CC/C=C\C/C=C\C/C=C\C/C=C\C/C=C\C/C=C\C/C=C\C/C=C\CCCCCCCCCCCCCCCCC(=O)OC(COC(=O)CCCCCCCCCCCCCCCCCCCCCCCCCCCCCCCCCCCCC)COP(=O)([O-])OCC[N+](C)(C)C. The Morgan fingerprint density at radius 3 is 0.867 bits per heavy atom. The van der Waals surface area contributed by atoms with Crippen molar-refractivity contribution in [2.24, 2.45) is 0 Å². The molecule has 0 fully saturated rings. The lowest BCUT2D eigenvalue weighted by Gasteiger charge is -2.28. The highest BCUT2D eigenvalue weighted by molar-refractivity contribution is 7.45. The normalized spacial score (nSPS) is 13.5. The van der Waals surface area contributed by atoms with E-state index in [1.54, 1.807) is 0 Å². The van der Waals surface area contributed by atoms with Gasteiger partial charge in [-0.15, -0.1) is 0 Å². The molecule has 0 spiro atoms. The van der Waals surface area contributed by atoms with E-state index in [9.17, 15) is 19.0 Å². The molecule has 2 atom stereocenters. The molecule has 0 aliphatic heterocycles. The van der Waals surface area contributed by atoms with Gasteiger partial charge in [0.25, 0.3) is 7.82 Å². The average molecular weight is 1390 g/mol. The average Bonchev–Trinajstić information content (AvgIpc) is 1.23. The third kappa shape index (κ3) is 81.9. The number of hydrogen-bond donors (Lipinski definition) is 0. The minimum atomic E-state index is -4.65. The monoisotopic (exact) mass is 1390 g/mol. The second-order valence-electron chi connectivity index (χ2n) is 29.5. The Morgan fingerprint density at radius 2 is 0.582 bits per heavy atom. The van der Waals surface area contributed by atoms with Gasteiger partial charge in [-0.3, -0.25) is 14.2 Å². The molecule has 0 heterocycles. The number of phosphoric acid groups is 1. The molecular weight excluding hydrogens is 1230 g/mol. The second-order valence-corrected chi connectivity index (χ2v) is 30.9. The first-order valence-electron chi connectivity index (χ1n) is 41.9. The number of carbonyl (C=O) groups excluding carboxylic acids is 2. The summed E-state index contributed by atoms with van der Waals surface area (Å²) in [6.07, 6.45) is 110. The van der Waals surface area contributed by atoms with Crippen molar-refractivity contribution in [3.05, 3.63) is 97.2 Å². The van der Waals surface area contributed by atoms with E-state index in [0.29, 0.717) is 17.4 Å². The van der Waals surface area contributed by atoms with Crippen LogP contribution in [0, 0.1) is 0 Å². The van der Waals surface area contributed by atoms with Crippen molar-refractivity contribution in [3.8, 4) is 0 Å². The quantitative estimate of drug-likeness (QED) is 0.0195. The third-order valence-corrected chi connectivity index (χ3v) is 19.6. The van der Waals surface area contributed by atoms with Crippen LogP contribution in [-0.4, -0.2) is 70.0 Å². The Kier molecular flexibility index (Phi) is 75.6. The summed E-state index contributed by atoms with van der Waals surface area (Å²) in [4.78, 5) is 38.2. The largest absolute Gasteiger partial charge is 0.756 e. The molecule has 0 N–H and O–H groups in total. The number of rotatable bonds is 78. The van der Waals surface area contributed by atoms with Gasteiger partial charge < -0.3 is 27.9 Å². The fraction of sp³-hybridized carbons (Fsp3) is 0.795. The predicted molar refractivity (Wildman–Crippen MR) is 425 cm³/mol. The number of hydrogen-bond acceptors (Lipinski definition) is 8. The van der Waals surface area contributed by atoms with Crippen molar-refractivity contribution >= 4 is 19.8 Å². The second kappa shape index (κ2) is 78.1. The lowest BCUT2D eigenvalue weighted by Crippen LogP contribution is -2.37. The molecule has 10 heteroatoms. The van der Waals surface area contributed by atoms with Gasteiger partial charge >= 0.3 is 11.9 Å². The van der Waals surface area contributed by atoms with E-state index in [1.165, 1.54) is 276 Å². The molecule has 98 heavy (non-hydrogen) atoms. The summed E-state index contributed by atoms with van der Waals surface area (Å²) >= 11 is 0. The minimum Gasteiger partial charge on any atom is -0.756 e. The molecule has 0 aromatic rings. The van der Waals surface area contributed by atoms with Crippen molar-refractivity contribution in [1.82, 2.24) is 0 Å². The maximum Gasteiger partial charge on any atom is 0.306 e. The lowest BCUT2D eigenvalue weighted by molar-refractivity contribution is -0.870. The molecule has 2 unspecified atom stereocenters. The van der Waals surface area contributed by atoms with E-state index in [0.717, 1.165) is 89.9 Å². The molecule has 0 saturated carbocycles. The van der Waals surface area contributed by atoms with Crippen molar-refractivity contribution in [2.75, 3.05) is 47.5 Å². The smallest absolute Gasteiger partial charge is 0.306 e. The molecule has 0 aliphatic rings. The maximum atomic E-state index is 12.9. The first kappa shape index (κ1) is 94.9. The zero-order valence-electron chi connectivity index (χ0n) is 65.2. The summed E-state index contributed by atoms with van der Waals surface area (Å²) in [6.45, 7) is 4.19. The van der Waals surface area contributed by atoms with Crippen LogP contribution in [-0.2, 0) is 32.7 Å². The molecule has 0 rings (SSSR count). The van der Waals surface area contributed by atoms with Gasteiger partial charge in [0, 0.05) is 12.8 Å². The van der Waals surface area contributed by atoms with Gasteiger partial charge in [-0.25, -0.2) is 0 Å². The van der Waals surface area contributed by atoms with E-state index >= 15 is 0 Å². The predicted octanol–water partition coefficient (Wildman–Crippen LogP) is 27.5. The van der Waals surface area contributed by atoms with E-state index in [2.05, 4.69) is 111 Å². The van der Waals surface area contributed by atoms with Crippen molar-refractivity contribution in [3.63, 3.8) is 0 Å². The number of nitrogens with zero attached hydrogens (tertiary/aromatic N) is 1. The number of likely N-dealkylation sites (N-methyl/N-ethyl adjacent to an activating group) is 1. The summed E-state index contributed by atoms with van der Waals surface area (Å²) in [6, 6.07) is 0. The van der Waals surface area contributed by atoms with Crippen LogP contribution in [0.15, 0.2) is 97.2 Å². The molecule has 0 aromatic heterocycles. The van der Waals surface area contributed by atoms with Crippen LogP contribution >= 0.6 is 7.82 Å². The molecule has 0 bridgehead atoms. The van der Waals surface area contributed by atoms with Crippen LogP contribution < -0.4 is 4.89 Å². The Labute approximate surface area is 608 Å². The molecule has 0 aliphatic carbocycles. The van der Waals surface area contributed by atoms with Crippen LogP contribution in [0.5, 0.6) is 0 Å². The van der Waals surface area contributed by atoms with Gasteiger partial charge in [-0.05, 0) is 77.0 Å². The fourth-order valence-electron chi connectivity index (χ4n) is 12.3. The standard InChI is InChI=1S/C88H160NO8P/c1-6-8-10-12-14-16-18-20-22-24-26-28-30-32-34-36-38-40-42-43-44-45-47-49-51-53-55-57-59-61-63-65-67-69-71-73-75-77-79-81-88(91)97-86(85-96-98(92,93)95-83-82-89(3,4)5)84-94-87(90)80-78-76-74-72-70-68-66-64-62-60-58-56-54-52-50-48-46-41-39-37-35-33-31-29-27-25-23-21-19-17-15-13-11-9-7-2/h8,10,14,16,20,22,26,28,32,34,38,40,43-44,47,49,86H,6-7,9,11-13,15,17-19,21,23-25,27,29-31,33,35-37,39,41-42,45-46,48,50-85H2,1-5H3/b10-8-,16-14-,22-20-,28-26-,34-32-,40-38-,44-43-,49-47-. The maximum absolute atomic E-state index is 12.9. The zero-order valence-corrected chi connectivity index (χ0v) is 66.1. The molecule has 0 amide bonds. The molecule has 0 saturated heterocycles. The molecular formula is C88H160NO8P. The molecule has 9 nitrogen and oxygen atoms in total. The Bertz CT molecular complexity index is 1980. The summed E-state index contributed by atoms with van der Waals surface area (Å²) in [5.74, 6) is -0.817. The highest BCUT2D eigenvalue weighted by Gasteiger charge is 2.22. The number of unbranched alkanes of at least 4 members (excludes halogenated alkanes) is 48. The van der Waals surface area contributed by atoms with Crippen molar-refractivity contribution in [1.29, 1.82) is 0 Å². The van der Waals surface area contributed by atoms with Crippen molar-refractivity contribution in [2.45, 2.75) is 405 Å². The summed E-state index contributed by atoms with van der Waals surface area (Å²) < 4.78 is 34.5. The number of ether oxygens (including phenoxy) is 2. The Hall–Kier alpha value is -3.07. The first-order valence-corrected chi connectivity index (χ1v) is 43.4. The summed E-state index contributed by atoms with van der Waals surface area (Å²) in [5, 5.41) is 0. The van der Waals surface area contributed by atoms with Crippen LogP contribution in [0.4, 0.5) is 0 Å². The molecule has 0 radical (unpaired) electrons.